The molecule has 0 bridgehead atoms. The second-order valence-corrected chi connectivity index (χ2v) is 1.32. The number of rotatable bonds is 0. The summed E-state index contributed by atoms with van der Waals surface area (Å²) in [5, 5.41) is 0. The lowest BCUT2D eigenvalue weighted by Crippen LogP contribution is -1.74. The Bertz CT molecular complexity index is 21.3. The summed E-state index contributed by atoms with van der Waals surface area (Å²) < 4.78 is 4.94. The van der Waals surface area contributed by atoms with Crippen molar-refractivity contribution < 1.29 is 4.74 Å². The Labute approximate surface area is 47.2 Å². The van der Waals surface area contributed by atoms with Gasteiger partial charge < -0.3 is 4.74 Å². The maximum Gasteiger partial charge on any atom is 0.0643 e. The third-order valence-electron chi connectivity index (χ3n) is 0.827. The highest BCUT2D eigenvalue weighted by molar-refractivity contribution is 6.75. The Morgan fingerprint density at radius 1 is 1.00 bits per heavy atom. The van der Waals surface area contributed by atoms with Crippen LogP contribution in [0.2, 0.25) is 0 Å². The molecule has 1 heterocycles. The Morgan fingerprint density at radius 2 is 1.43 bits per heavy atom. The van der Waals surface area contributed by atoms with Crippen molar-refractivity contribution in [3.05, 3.63) is 0 Å². The number of hydrogen-bond donors (Lipinski definition) is 0. The van der Waals surface area contributed by atoms with E-state index < -0.39 is 0 Å². The van der Waals surface area contributed by atoms with Gasteiger partial charge in [-0.2, -0.15) is 0 Å². The second-order valence-electron chi connectivity index (χ2n) is 1.32. The molecule has 1 rings (SSSR count). The van der Waals surface area contributed by atoms with Crippen molar-refractivity contribution in [3.63, 3.8) is 0 Å². The molecule has 40 valence electrons. The molecule has 0 saturated carbocycles. The fraction of sp³-hybridized carbons (Fsp3) is 1.00. The fourth-order valence-electron chi connectivity index (χ4n) is 0.510. The van der Waals surface area contributed by atoms with Gasteiger partial charge in [0.15, 0.2) is 0 Å². The summed E-state index contributed by atoms with van der Waals surface area (Å²) in [5.74, 6) is 0. The van der Waals surface area contributed by atoms with E-state index in [9.17, 15) is 0 Å². The Hall–Kier alpha value is 0.0899. The molecule has 0 aromatic rings. The Balaban J connectivity index is 0.000000162. The average Bonchev–Trinajstić information content (AvgIpc) is 2.23. The van der Waals surface area contributed by atoms with Gasteiger partial charge in [-0.25, -0.2) is 0 Å². The van der Waals surface area contributed by atoms with E-state index in [0.29, 0.717) is 0 Å². The van der Waals surface area contributed by atoms with E-state index in [4.69, 9.17) is 4.74 Å². The molecule has 3 heteroatoms. The summed E-state index contributed by atoms with van der Waals surface area (Å²) in [5.41, 5.74) is 0. The average molecular weight is 97.8 g/mol. The Morgan fingerprint density at radius 3 is 1.57 bits per heavy atom. The van der Waals surface area contributed by atoms with Crippen LogP contribution in [0.15, 0.2) is 0 Å². The molecule has 1 aliphatic rings. The highest BCUT2D eigenvalue weighted by atomic mass is 16.5. The highest BCUT2D eigenvalue weighted by Gasteiger charge is 1.94. The van der Waals surface area contributed by atoms with E-state index >= 15 is 0 Å². The molecule has 0 N–H and O–H groups in total. The molecule has 0 aromatic carbocycles. The summed E-state index contributed by atoms with van der Waals surface area (Å²) >= 11 is 0. The third-order valence-corrected chi connectivity index (χ3v) is 0.827. The normalized spacial score (nSPS) is 17.7. The quantitative estimate of drug-likeness (QED) is 0.351. The van der Waals surface area contributed by atoms with Gasteiger partial charge >= 0.3 is 0 Å². The van der Waals surface area contributed by atoms with Crippen LogP contribution in [0.1, 0.15) is 12.8 Å². The topological polar surface area (TPSA) is 9.23 Å². The standard InChI is InChI=1S/C4H8O.B2H4/c1-2-4-5-3-1;1-2/h1-4H2;1-2H2. The lowest BCUT2D eigenvalue weighted by atomic mass is 9.81. The van der Waals surface area contributed by atoms with Gasteiger partial charge in [0, 0.05) is 13.2 Å². The first-order chi connectivity index (χ1) is 3.50. The minimum absolute atomic E-state index is 1.00. The maximum atomic E-state index is 4.94. The molecule has 1 saturated heterocycles. The zero-order valence-corrected chi connectivity index (χ0v) is 5.24. The van der Waals surface area contributed by atoms with Crippen molar-refractivity contribution in [1.82, 2.24) is 0 Å². The molecule has 0 spiro atoms. The molecular weight excluding hydrogens is 85.7 g/mol. The molecule has 1 aliphatic heterocycles. The zero-order chi connectivity index (χ0) is 5.54. The Kier molecular flexibility index (Phi) is 6.17. The van der Waals surface area contributed by atoms with Gasteiger partial charge in [0.1, 0.15) is 0 Å². The van der Waals surface area contributed by atoms with Gasteiger partial charge in [0.25, 0.3) is 0 Å². The summed E-state index contributed by atoms with van der Waals surface area (Å²) in [4.78, 5) is 0. The zero-order valence-electron chi connectivity index (χ0n) is 5.24. The van der Waals surface area contributed by atoms with Crippen LogP contribution >= 0.6 is 0 Å². The lowest BCUT2D eigenvalue weighted by molar-refractivity contribution is 0.198. The first-order valence-electron chi connectivity index (χ1n) is 3.08. The summed E-state index contributed by atoms with van der Waals surface area (Å²) in [6.07, 6.45) is 2.56. The van der Waals surface area contributed by atoms with Crippen molar-refractivity contribution in [2.24, 2.45) is 0 Å². The van der Waals surface area contributed by atoms with Crippen LogP contribution in [0.25, 0.3) is 0 Å². The number of ether oxygens (including phenoxy) is 1. The number of hydrogen-bond acceptors (Lipinski definition) is 1. The molecular formula is C4H12B2O. The van der Waals surface area contributed by atoms with Crippen molar-refractivity contribution >= 4 is 15.5 Å². The van der Waals surface area contributed by atoms with Crippen LogP contribution in [-0.4, -0.2) is 28.7 Å². The summed E-state index contributed by atoms with van der Waals surface area (Å²) in [6.45, 7) is 2.00. The van der Waals surface area contributed by atoms with E-state index in [1.54, 1.807) is 0 Å². The summed E-state index contributed by atoms with van der Waals surface area (Å²) in [6, 6.07) is 0. The third kappa shape index (κ3) is 3.93. The van der Waals surface area contributed by atoms with Crippen LogP contribution in [-0.2, 0) is 4.74 Å². The van der Waals surface area contributed by atoms with Gasteiger partial charge in [-0.15, -0.1) is 0 Å². The highest BCUT2D eigenvalue weighted by Crippen LogP contribution is 1.98. The van der Waals surface area contributed by atoms with Gasteiger partial charge in [0.05, 0.1) is 15.5 Å². The molecule has 1 fully saturated rings. The minimum Gasteiger partial charge on any atom is -0.381 e. The van der Waals surface area contributed by atoms with Crippen LogP contribution in [0.4, 0.5) is 0 Å². The van der Waals surface area contributed by atoms with Crippen LogP contribution in [0, 0.1) is 0 Å². The van der Waals surface area contributed by atoms with Gasteiger partial charge in [0.2, 0.25) is 0 Å². The monoisotopic (exact) mass is 98.1 g/mol. The maximum absolute atomic E-state index is 4.94. The predicted octanol–water partition coefficient (Wildman–Crippen LogP) is -1.04. The van der Waals surface area contributed by atoms with Crippen molar-refractivity contribution in [3.8, 4) is 0 Å². The molecule has 0 aromatic heterocycles. The molecule has 1 nitrogen and oxygen atoms in total. The predicted molar refractivity (Wildman–Crippen MR) is 37.1 cm³/mol. The molecule has 0 amide bonds. The van der Waals surface area contributed by atoms with Crippen molar-refractivity contribution in [1.29, 1.82) is 0 Å². The lowest BCUT2D eigenvalue weighted by Gasteiger charge is -1.76. The SMILES string of the molecule is BB.C1CCOC1. The molecule has 7 heavy (non-hydrogen) atoms. The fourth-order valence-corrected chi connectivity index (χ4v) is 0.510. The molecule has 0 aliphatic carbocycles. The van der Waals surface area contributed by atoms with Crippen LogP contribution in [0.3, 0.4) is 0 Å². The van der Waals surface area contributed by atoms with Gasteiger partial charge in [-0.3, -0.25) is 0 Å². The van der Waals surface area contributed by atoms with Crippen molar-refractivity contribution in [2.45, 2.75) is 12.8 Å². The molecule has 0 atom stereocenters. The summed E-state index contributed by atoms with van der Waals surface area (Å²) in [7, 11) is 4.00. The van der Waals surface area contributed by atoms with Crippen molar-refractivity contribution in [2.75, 3.05) is 13.2 Å². The first-order valence-corrected chi connectivity index (χ1v) is 3.08. The van der Waals surface area contributed by atoms with E-state index in [1.165, 1.54) is 12.8 Å². The largest absolute Gasteiger partial charge is 0.381 e. The van der Waals surface area contributed by atoms with E-state index in [0.717, 1.165) is 13.2 Å². The van der Waals surface area contributed by atoms with E-state index in [2.05, 4.69) is 0 Å². The van der Waals surface area contributed by atoms with E-state index in [-0.39, 0.29) is 0 Å². The molecule has 0 radical (unpaired) electrons. The molecule has 0 unspecified atom stereocenters. The van der Waals surface area contributed by atoms with E-state index in [1.807, 2.05) is 15.5 Å². The van der Waals surface area contributed by atoms with Gasteiger partial charge in [-0.1, -0.05) is 0 Å². The van der Waals surface area contributed by atoms with Crippen LogP contribution in [0.5, 0.6) is 0 Å². The van der Waals surface area contributed by atoms with Gasteiger partial charge in [-0.05, 0) is 12.8 Å². The van der Waals surface area contributed by atoms with Crippen LogP contribution < -0.4 is 0 Å². The first kappa shape index (κ1) is 7.09. The smallest absolute Gasteiger partial charge is 0.0643 e. The minimum atomic E-state index is 1.00. The second kappa shape index (κ2) is 6.09.